The molecule has 0 saturated heterocycles. The van der Waals surface area contributed by atoms with Crippen molar-refractivity contribution in [1.29, 1.82) is 0 Å². The highest BCUT2D eigenvalue weighted by Gasteiger charge is 2.31. The lowest BCUT2D eigenvalue weighted by Gasteiger charge is -2.12. The number of halogens is 5. The van der Waals surface area contributed by atoms with Crippen molar-refractivity contribution in [2.24, 2.45) is 0 Å². The number of hydrogen-bond acceptors (Lipinski definition) is 5. The number of allylic oxidation sites excluding steroid dienone is 1. The number of nitrogens with one attached hydrogen (secondary N) is 1. The molecular formula is C21H17ClF4N4O2S. The van der Waals surface area contributed by atoms with E-state index in [1.54, 1.807) is 10.6 Å². The molecule has 0 bridgehead atoms. The van der Waals surface area contributed by atoms with Crippen LogP contribution in [-0.2, 0) is 24.1 Å². The van der Waals surface area contributed by atoms with Crippen LogP contribution in [0.15, 0.2) is 60.3 Å². The third-order valence-corrected chi connectivity index (χ3v) is 5.48. The number of thioether (sulfide) groups is 1. The number of ether oxygens (including phenoxy) is 1. The highest BCUT2D eigenvalue weighted by Crippen LogP contribution is 2.34. The summed E-state index contributed by atoms with van der Waals surface area (Å²) in [7, 11) is 0. The van der Waals surface area contributed by atoms with E-state index in [9.17, 15) is 22.4 Å². The van der Waals surface area contributed by atoms with Crippen molar-refractivity contribution < 1.29 is 27.1 Å². The zero-order valence-electron chi connectivity index (χ0n) is 16.9. The van der Waals surface area contributed by atoms with E-state index in [1.807, 2.05) is 0 Å². The summed E-state index contributed by atoms with van der Waals surface area (Å²) >= 11 is 6.94. The highest BCUT2D eigenvalue weighted by atomic mass is 35.5. The van der Waals surface area contributed by atoms with Crippen molar-refractivity contribution in [3.8, 4) is 5.75 Å². The van der Waals surface area contributed by atoms with Gasteiger partial charge in [-0.1, -0.05) is 29.4 Å². The Morgan fingerprint density at radius 2 is 1.94 bits per heavy atom. The third-order valence-electron chi connectivity index (χ3n) is 4.19. The Labute approximate surface area is 195 Å². The van der Waals surface area contributed by atoms with Gasteiger partial charge in [0.1, 0.15) is 18.2 Å². The summed E-state index contributed by atoms with van der Waals surface area (Å²) in [5.74, 6) is -0.223. The summed E-state index contributed by atoms with van der Waals surface area (Å²) in [5, 5.41) is 10.8. The molecule has 12 heteroatoms. The number of anilines is 1. The van der Waals surface area contributed by atoms with Gasteiger partial charge in [-0.3, -0.25) is 9.36 Å². The van der Waals surface area contributed by atoms with Crippen molar-refractivity contribution >= 4 is 35.0 Å². The summed E-state index contributed by atoms with van der Waals surface area (Å²) in [6, 6.07) is 8.16. The maximum absolute atomic E-state index is 13.0. The molecule has 1 N–H and O–H groups in total. The van der Waals surface area contributed by atoms with Gasteiger partial charge in [0.15, 0.2) is 11.0 Å². The van der Waals surface area contributed by atoms with Crippen molar-refractivity contribution in [1.82, 2.24) is 14.8 Å². The quantitative estimate of drug-likeness (QED) is 0.236. The van der Waals surface area contributed by atoms with Crippen LogP contribution in [-0.4, -0.2) is 26.4 Å². The van der Waals surface area contributed by atoms with Crippen LogP contribution < -0.4 is 10.1 Å². The van der Waals surface area contributed by atoms with Gasteiger partial charge in [0.05, 0.1) is 22.0 Å². The molecular weight excluding hydrogens is 484 g/mol. The summed E-state index contributed by atoms with van der Waals surface area (Å²) in [6.45, 7) is 4.05. The van der Waals surface area contributed by atoms with Crippen LogP contribution in [0.3, 0.4) is 0 Å². The molecule has 1 heterocycles. The molecule has 0 unspecified atom stereocenters. The number of rotatable bonds is 9. The lowest BCUT2D eigenvalue weighted by atomic mass is 10.2. The first-order valence-electron chi connectivity index (χ1n) is 9.38. The highest BCUT2D eigenvalue weighted by molar-refractivity contribution is 7.99. The molecule has 0 fully saturated rings. The van der Waals surface area contributed by atoms with Gasteiger partial charge >= 0.3 is 6.18 Å². The monoisotopic (exact) mass is 500 g/mol. The SMILES string of the molecule is C=CCn1c(COc2ccc(F)cc2)nnc1SCC(=O)Nc1cc(C(F)(F)F)ccc1Cl. The Morgan fingerprint density at radius 3 is 2.61 bits per heavy atom. The molecule has 0 radical (unpaired) electrons. The van der Waals surface area contributed by atoms with Crippen LogP contribution in [0.2, 0.25) is 5.02 Å². The maximum atomic E-state index is 13.0. The second-order valence-electron chi connectivity index (χ2n) is 6.57. The fraction of sp³-hybridized carbons (Fsp3) is 0.190. The Hall–Kier alpha value is -3.05. The molecule has 3 aromatic rings. The summed E-state index contributed by atoms with van der Waals surface area (Å²) < 4.78 is 59.0. The van der Waals surface area contributed by atoms with Gasteiger partial charge in [-0.2, -0.15) is 13.2 Å². The Kier molecular flexibility index (Phi) is 7.98. The standard InChI is InChI=1S/C21H17ClF4N4O2S/c1-2-9-30-18(11-32-15-6-4-14(23)5-7-15)28-29-20(30)33-12-19(31)27-17-10-13(21(24,25)26)3-8-16(17)22/h2-8,10H,1,9,11-12H2,(H,27,31). The molecule has 0 aliphatic carbocycles. The van der Waals surface area contributed by atoms with Crippen LogP contribution in [0.5, 0.6) is 5.75 Å². The maximum Gasteiger partial charge on any atom is 0.416 e. The summed E-state index contributed by atoms with van der Waals surface area (Å²) in [4.78, 5) is 12.3. The van der Waals surface area contributed by atoms with Crippen LogP contribution in [0, 0.1) is 5.82 Å². The van der Waals surface area contributed by atoms with Crippen LogP contribution in [0.4, 0.5) is 23.2 Å². The first-order chi connectivity index (χ1) is 15.7. The molecule has 0 saturated carbocycles. The second kappa shape index (κ2) is 10.7. The van der Waals surface area contributed by atoms with Gasteiger partial charge in [0.2, 0.25) is 5.91 Å². The molecule has 1 aromatic heterocycles. The van der Waals surface area contributed by atoms with Gasteiger partial charge < -0.3 is 10.1 Å². The van der Waals surface area contributed by atoms with Gasteiger partial charge in [-0.05, 0) is 42.5 Å². The second-order valence-corrected chi connectivity index (χ2v) is 7.92. The molecule has 0 spiro atoms. The van der Waals surface area contributed by atoms with E-state index in [-0.39, 0.29) is 28.9 Å². The average Bonchev–Trinajstić information content (AvgIpc) is 3.14. The number of hydrogen-bond donors (Lipinski definition) is 1. The summed E-state index contributed by atoms with van der Waals surface area (Å²) in [6.07, 6.45) is -2.95. The number of nitrogens with zero attached hydrogens (tertiary/aromatic N) is 3. The molecule has 0 aliphatic rings. The first kappa shape index (κ1) is 24.6. The number of carbonyl (C=O) groups is 1. The molecule has 0 aliphatic heterocycles. The van der Waals surface area contributed by atoms with Crippen molar-refractivity contribution in [3.63, 3.8) is 0 Å². The third kappa shape index (κ3) is 6.72. The molecule has 2 aromatic carbocycles. The number of benzene rings is 2. The Balaban J connectivity index is 1.64. The van der Waals surface area contributed by atoms with Crippen LogP contribution >= 0.6 is 23.4 Å². The minimum atomic E-state index is -4.56. The van der Waals surface area contributed by atoms with E-state index in [2.05, 4.69) is 22.1 Å². The smallest absolute Gasteiger partial charge is 0.416 e. The molecule has 33 heavy (non-hydrogen) atoms. The predicted octanol–water partition coefficient (Wildman–Crippen LogP) is 5.59. The number of carbonyl (C=O) groups excluding carboxylic acids is 1. The van der Waals surface area contributed by atoms with Gasteiger partial charge in [-0.15, -0.1) is 16.8 Å². The van der Waals surface area contributed by atoms with E-state index >= 15 is 0 Å². The predicted molar refractivity (Wildman–Crippen MR) is 117 cm³/mol. The van der Waals surface area contributed by atoms with Gasteiger partial charge in [-0.25, -0.2) is 4.39 Å². The minimum absolute atomic E-state index is 0.0172. The van der Waals surface area contributed by atoms with Crippen molar-refractivity contribution in [2.75, 3.05) is 11.1 Å². The van der Waals surface area contributed by atoms with E-state index in [4.69, 9.17) is 16.3 Å². The number of alkyl halides is 3. The van der Waals surface area contributed by atoms with Crippen molar-refractivity contribution in [2.45, 2.75) is 24.5 Å². The zero-order chi connectivity index (χ0) is 24.0. The molecule has 6 nitrogen and oxygen atoms in total. The first-order valence-corrected chi connectivity index (χ1v) is 10.7. The average molecular weight is 501 g/mol. The van der Waals surface area contributed by atoms with E-state index in [1.165, 1.54) is 24.3 Å². The topological polar surface area (TPSA) is 69.0 Å². The van der Waals surface area contributed by atoms with E-state index in [0.29, 0.717) is 23.3 Å². The normalized spacial score (nSPS) is 11.3. The largest absolute Gasteiger partial charge is 0.486 e. The molecule has 0 atom stereocenters. The van der Waals surface area contributed by atoms with E-state index in [0.717, 1.165) is 30.0 Å². The number of aromatic nitrogens is 3. The number of amides is 1. The lowest BCUT2D eigenvalue weighted by Crippen LogP contribution is -2.16. The molecule has 1 amide bonds. The minimum Gasteiger partial charge on any atom is -0.486 e. The molecule has 3 rings (SSSR count). The Bertz CT molecular complexity index is 1140. The fourth-order valence-electron chi connectivity index (χ4n) is 2.64. The van der Waals surface area contributed by atoms with Crippen molar-refractivity contribution in [3.05, 3.63) is 77.3 Å². The van der Waals surface area contributed by atoms with Crippen LogP contribution in [0.25, 0.3) is 0 Å². The summed E-state index contributed by atoms with van der Waals surface area (Å²) in [5.41, 5.74) is -1.07. The lowest BCUT2D eigenvalue weighted by molar-refractivity contribution is -0.137. The fourth-order valence-corrected chi connectivity index (χ4v) is 3.57. The Morgan fingerprint density at radius 1 is 1.21 bits per heavy atom. The van der Waals surface area contributed by atoms with Crippen LogP contribution in [0.1, 0.15) is 11.4 Å². The van der Waals surface area contributed by atoms with E-state index < -0.39 is 17.6 Å². The van der Waals surface area contributed by atoms with Gasteiger partial charge in [0.25, 0.3) is 0 Å². The zero-order valence-corrected chi connectivity index (χ0v) is 18.5. The van der Waals surface area contributed by atoms with Gasteiger partial charge in [0, 0.05) is 6.54 Å². The molecule has 174 valence electrons.